The first-order valence-corrected chi connectivity index (χ1v) is 8.81. The minimum atomic E-state index is 0.00245. The van der Waals surface area contributed by atoms with E-state index in [4.69, 9.17) is 4.42 Å². The highest BCUT2D eigenvalue weighted by atomic mass is 16.3. The average Bonchev–Trinajstić information content (AvgIpc) is 3.14. The van der Waals surface area contributed by atoms with Gasteiger partial charge in [0.1, 0.15) is 17.3 Å². The lowest BCUT2D eigenvalue weighted by Crippen LogP contribution is -2.26. The predicted molar refractivity (Wildman–Crippen MR) is 95.3 cm³/mol. The smallest absolute Gasteiger partial charge is 0.137 e. The Morgan fingerprint density at radius 3 is 2.71 bits per heavy atom. The number of para-hydroxylation sites is 1. The van der Waals surface area contributed by atoms with Crippen LogP contribution >= 0.6 is 0 Å². The first-order valence-electron chi connectivity index (χ1n) is 8.81. The molecule has 3 heteroatoms. The molecule has 0 spiro atoms. The highest BCUT2D eigenvalue weighted by molar-refractivity contribution is 5.88. The third-order valence-electron chi connectivity index (χ3n) is 5.33. The number of carbonyl (C=O) groups excluding carboxylic acids is 1. The van der Waals surface area contributed by atoms with Crippen molar-refractivity contribution in [1.29, 1.82) is 0 Å². The fourth-order valence-electron chi connectivity index (χ4n) is 4.22. The van der Waals surface area contributed by atoms with Crippen molar-refractivity contribution in [3.63, 3.8) is 0 Å². The van der Waals surface area contributed by atoms with Crippen molar-refractivity contribution >= 4 is 16.7 Å². The van der Waals surface area contributed by atoms with Gasteiger partial charge in [0.05, 0.1) is 5.92 Å². The molecule has 0 aliphatic heterocycles. The van der Waals surface area contributed by atoms with Crippen LogP contribution in [0.15, 0.2) is 40.8 Å². The molecule has 2 unspecified atom stereocenters. The van der Waals surface area contributed by atoms with Crippen LogP contribution < -0.4 is 0 Å². The first-order chi connectivity index (χ1) is 11.6. The number of furan rings is 1. The highest BCUT2D eigenvalue weighted by Crippen LogP contribution is 2.43. The van der Waals surface area contributed by atoms with Gasteiger partial charge in [-0.05, 0) is 50.5 Å². The molecule has 2 aromatic heterocycles. The zero-order chi connectivity index (χ0) is 16.7. The van der Waals surface area contributed by atoms with Crippen LogP contribution in [0.4, 0.5) is 0 Å². The van der Waals surface area contributed by atoms with Gasteiger partial charge in [-0.25, -0.2) is 0 Å². The number of H-pyrrole nitrogens is 1. The number of aromatic nitrogens is 1. The van der Waals surface area contributed by atoms with Gasteiger partial charge in [0.15, 0.2) is 0 Å². The molecule has 2 atom stereocenters. The Bertz CT molecular complexity index is 886. The topological polar surface area (TPSA) is 46.0 Å². The highest BCUT2D eigenvalue weighted by Gasteiger charge is 2.36. The summed E-state index contributed by atoms with van der Waals surface area (Å²) in [6.45, 7) is 4.07. The van der Waals surface area contributed by atoms with Crippen molar-refractivity contribution in [3.05, 3.63) is 59.2 Å². The molecule has 1 fully saturated rings. The zero-order valence-corrected chi connectivity index (χ0v) is 14.3. The van der Waals surface area contributed by atoms with E-state index in [0.717, 1.165) is 42.0 Å². The lowest BCUT2D eigenvalue weighted by molar-refractivity contribution is -0.125. The van der Waals surface area contributed by atoms with Gasteiger partial charge in [-0.2, -0.15) is 0 Å². The molecule has 0 bridgehead atoms. The SMILES string of the molecule is Cc1ccc(C(c2c(C)[nH]c3ccccc23)C2CCCCC2=O)o1. The van der Waals surface area contributed by atoms with Gasteiger partial charge in [0.2, 0.25) is 0 Å². The van der Waals surface area contributed by atoms with Crippen LogP contribution in [0.25, 0.3) is 10.9 Å². The van der Waals surface area contributed by atoms with Crippen LogP contribution in [0.1, 0.15) is 54.4 Å². The molecule has 1 aliphatic carbocycles. The van der Waals surface area contributed by atoms with Gasteiger partial charge in [0, 0.05) is 28.9 Å². The molecule has 1 N–H and O–H groups in total. The van der Waals surface area contributed by atoms with E-state index in [9.17, 15) is 4.79 Å². The molecule has 2 heterocycles. The lowest BCUT2D eigenvalue weighted by Gasteiger charge is -2.28. The van der Waals surface area contributed by atoms with Crippen molar-refractivity contribution in [2.75, 3.05) is 0 Å². The number of carbonyl (C=O) groups is 1. The fraction of sp³-hybridized carbons (Fsp3) is 0.381. The van der Waals surface area contributed by atoms with E-state index in [1.807, 2.05) is 25.1 Å². The van der Waals surface area contributed by atoms with E-state index in [1.54, 1.807) is 0 Å². The number of rotatable bonds is 3. The van der Waals surface area contributed by atoms with Crippen molar-refractivity contribution < 1.29 is 9.21 Å². The molecule has 1 saturated carbocycles. The number of hydrogen-bond acceptors (Lipinski definition) is 2. The van der Waals surface area contributed by atoms with Crippen molar-refractivity contribution in [3.8, 4) is 0 Å². The Morgan fingerprint density at radius 1 is 1.12 bits per heavy atom. The minimum Gasteiger partial charge on any atom is -0.466 e. The summed E-state index contributed by atoms with van der Waals surface area (Å²) >= 11 is 0. The molecule has 0 saturated heterocycles. The molecule has 4 rings (SSSR count). The van der Waals surface area contributed by atoms with Gasteiger partial charge in [0.25, 0.3) is 0 Å². The van der Waals surface area contributed by atoms with Crippen LogP contribution in [0, 0.1) is 19.8 Å². The van der Waals surface area contributed by atoms with E-state index in [0.29, 0.717) is 12.2 Å². The van der Waals surface area contributed by atoms with E-state index in [2.05, 4.69) is 30.1 Å². The number of ketones is 1. The van der Waals surface area contributed by atoms with E-state index in [1.165, 1.54) is 10.9 Å². The molecule has 24 heavy (non-hydrogen) atoms. The van der Waals surface area contributed by atoms with E-state index >= 15 is 0 Å². The maximum Gasteiger partial charge on any atom is 0.137 e. The summed E-state index contributed by atoms with van der Waals surface area (Å²) in [5, 5.41) is 1.20. The van der Waals surface area contributed by atoms with Gasteiger partial charge in [-0.15, -0.1) is 0 Å². The second-order valence-electron chi connectivity index (χ2n) is 6.95. The summed E-state index contributed by atoms with van der Waals surface area (Å²) in [5.41, 5.74) is 3.48. The molecule has 0 radical (unpaired) electrons. The monoisotopic (exact) mass is 321 g/mol. The van der Waals surface area contributed by atoms with Gasteiger partial charge < -0.3 is 9.40 Å². The van der Waals surface area contributed by atoms with Crippen molar-refractivity contribution in [1.82, 2.24) is 4.98 Å². The molecular formula is C21H23NO2. The van der Waals surface area contributed by atoms with Crippen LogP contribution in [0.2, 0.25) is 0 Å². The number of benzene rings is 1. The quantitative estimate of drug-likeness (QED) is 0.714. The summed E-state index contributed by atoms with van der Waals surface area (Å²) in [4.78, 5) is 16.2. The summed E-state index contributed by atoms with van der Waals surface area (Å²) in [6, 6.07) is 12.4. The molecule has 3 aromatic rings. The van der Waals surface area contributed by atoms with Gasteiger partial charge in [-0.1, -0.05) is 24.6 Å². The van der Waals surface area contributed by atoms with Crippen LogP contribution in [0.5, 0.6) is 0 Å². The normalized spacial score (nSPS) is 19.8. The minimum absolute atomic E-state index is 0.00245. The first kappa shape index (κ1) is 15.3. The third-order valence-corrected chi connectivity index (χ3v) is 5.33. The maximum absolute atomic E-state index is 12.7. The fourth-order valence-corrected chi connectivity index (χ4v) is 4.22. The maximum atomic E-state index is 12.7. The summed E-state index contributed by atoms with van der Waals surface area (Å²) in [6.07, 6.45) is 3.78. The molecular weight excluding hydrogens is 298 g/mol. The standard InChI is InChI=1S/C21H23NO2/c1-13-11-12-19(24-13)21(16-8-4-6-10-18(16)23)20-14(2)22-17-9-5-3-7-15(17)20/h3,5,7,9,11-12,16,21-22H,4,6,8,10H2,1-2H3. The summed E-state index contributed by atoms with van der Waals surface area (Å²) in [5.74, 6) is 2.21. The van der Waals surface area contributed by atoms with Gasteiger partial charge in [-0.3, -0.25) is 4.79 Å². The zero-order valence-electron chi connectivity index (χ0n) is 14.3. The number of Topliss-reactive ketones (excluding diaryl/α,β-unsaturated/α-hetero) is 1. The Labute approximate surface area is 142 Å². The number of nitrogens with one attached hydrogen (secondary N) is 1. The Morgan fingerprint density at radius 2 is 1.96 bits per heavy atom. The Balaban J connectivity index is 1.91. The van der Waals surface area contributed by atoms with Crippen LogP contribution in [-0.2, 0) is 4.79 Å². The number of hydrogen-bond donors (Lipinski definition) is 1. The molecule has 1 aliphatic rings. The van der Waals surface area contributed by atoms with Crippen LogP contribution in [-0.4, -0.2) is 10.8 Å². The lowest BCUT2D eigenvalue weighted by atomic mass is 9.74. The van der Waals surface area contributed by atoms with Gasteiger partial charge >= 0.3 is 0 Å². The predicted octanol–water partition coefficient (Wildman–Crippen LogP) is 5.27. The molecule has 1 aromatic carbocycles. The largest absolute Gasteiger partial charge is 0.466 e. The molecule has 124 valence electrons. The number of fused-ring (bicyclic) bond motifs is 1. The molecule has 0 amide bonds. The molecule has 3 nitrogen and oxygen atoms in total. The van der Waals surface area contributed by atoms with E-state index in [-0.39, 0.29) is 11.8 Å². The van der Waals surface area contributed by atoms with E-state index < -0.39 is 0 Å². The Kier molecular flexibility index (Phi) is 3.79. The van der Waals surface area contributed by atoms with Crippen LogP contribution in [0.3, 0.4) is 0 Å². The average molecular weight is 321 g/mol. The number of aromatic amines is 1. The second-order valence-corrected chi connectivity index (χ2v) is 6.95. The van der Waals surface area contributed by atoms with Crippen molar-refractivity contribution in [2.45, 2.75) is 45.4 Å². The summed E-state index contributed by atoms with van der Waals surface area (Å²) in [7, 11) is 0. The third kappa shape index (κ3) is 2.48. The second kappa shape index (κ2) is 5.97. The summed E-state index contributed by atoms with van der Waals surface area (Å²) < 4.78 is 6.01. The van der Waals surface area contributed by atoms with Crippen molar-refractivity contribution in [2.24, 2.45) is 5.92 Å². The number of aryl methyl sites for hydroxylation is 2. The Hall–Kier alpha value is -2.29.